The van der Waals surface area contributed by atoms with E-state index in [1.54, 1.807) is 18.4 Å². The molecule has 1 amide bonds. The van der Waals surface area contributed by atoms with E-state index in [9.17, 15) is 10.1 Å². The Morgan fingerprint density at radius 3 is 2.57 bits per heavy atom. The molecule has 0 aromatic carbocycles. The molecule has 0 aliphatic carbocycles. The largest absolute Gasteiger partial charge is 0.459 e. The number of hydrogen-bond acceptors (Lipinski definition) is 6. The number of amides is 1. The van der Waals surface area contributed by atoms with E-state index in [-0.39, 0.29) is 17.5 Å². The van der Waals surface area contributed by atoms with Gasteiger partial charge in [-0.1, -0.05) is 13.8 Å². The van der Waals surface area contributed by atoms with Crippen LogP contribution in [0.15, 0.2) is 27.2 Å². The van der Waals surface area contributed by atoms with E-state index in [2.05, 4.69) is 29.8 Å². The van der Waals surface area contributed by atoms with Crippen molar-refractivity contribution in [2.45, 2.75) is 33.1 Å². The molecule has 2 aliphatic heterocycles. The van der Waals surface area contributed by atoms with Crippen molar-refractivity contribution in [3.8, 4) is 17.7 Å². The lowest BCUT2D eigenvalue weighted by molar-refractivity contribution is -0.138. The zero-order chi connectivity index (χ0) is 19.7. The van der Waals surface area contributed by atoms with Crippen LogP contribution in [0.3, 0.4) is 0 Å². The van der Waals surface area contributed by atoms with Gasteiger partial charge >= 0.3 is 0 Å². The van der Waals surface area contributed by atoms with Crippen LogP contribution in [0.1, 0.15) is 38.8 Å². The van der Waals surface area contributed by atoms with Gasteiger partial charge in [0.2, 0.25) is 17.5 Å². The average Bonchev–Trinajstić information content (AvgIpc) is 3.36. The Kier molecular flexibility index (Phi) is 5.12. The third-order valence-corrected chi connectivity index (χ3v) is 5.76. The van der Waals surface area contributed by atoms with Crippen molar-refractivity contribution in [3.05, 3.63) is 24.1 Å². The zero-order valence-corrected chi connectivity index (χ0v) is 16.4. The molecule has 0 spiro atoms. The molecule has 2 aromatic rings. The Hall–Kier alpha value is -2.75. The van der Waals surface area contributed by atoms with Crippen LogP contribution in [-0.2, 0) is 4.79 Å². The lowest BCUT2D eigenvalue weighted by Crippen LogP contribution is -2.47. The van der Waals surface area contributed by atoms with Crippen LogP contribution < -0.4 is 4.90 Å². The molecule has 2 unspecified atom stereocenters. The topological polar surface area (TPSA) is 86.5 Å². The molecule has 2 fully saturated rings. The summed E-state index contributed by atoms with van der Waals surface area (Å²) in [6.45, 7) is 7.55. The first-order valence-corrected chi connectivity index (χ1v) is 10.0. The third-order valence-electron chi connectivity index (χ3n) is 5.76. The van der Waals surface area contributed by atoms with Gasteiger partial charge in [-0.05, 0) is 43.2 Å². The van der Waals surface area contributed by atoms with Crippen molar-refractivity contribution in [3.63, 3.8) is 0 Å². The molecular weight excluding hydrogens is 356 g/mol. The van der Waals surface area contributed by atoms with Gasteiger partial charge in [0.25, 0.3) is 5.89 Å². The normalized spacial score (nSPS) is 23.6. The van der Waals surface area contributed by atoms with E-state index in [1.807, 2.05) is 4.90 Å². The van der Waals surface area contributed by atoms with Crippen molar-refractivity contribution in [2.75, 3.05) is 31.1 Å². The number of hydrogen-bond donors (Lipinski definition) is 0. The number of oxazole rings is 1. The third kappa shape index (κ3) is 3.64. The summed E-state index contributed by atoms with van der Waals surface area (Å²) in [5.41, 5.74) is 0.259. The number of anilines is 1. The SMILES string of the molecule is CC1CC(C)CN(C(=O)C2CCN(c3oc(-c4ccco4)nc3C#N)CC2)C1. The zero-order valence-electron chi connectivity index (χ0n) is 16.4. The Bertz CT molecular complexity index is 849. The van der Waals surface area contributed by atoms with Gasteiger partial charge in [-0.25, -0.2) is 0 Å². The van der Waals surface area contributed by atoms with Crippen molar-refractivity contribution in [1.29, 1.82) is 5.26 Å². The summed E-state index contributed by atoms with van der Waals surface area (Å²) in [5.74, 6) is 2.76. The van der Waals surface area contributed by atoms with Crippen LogP contribution in [-0.4, -0.2) is 42.0 Å². The molecule has 7 heteroatoms. The highest BCUT2D eigenvalue weighted by Crippen LogP contribution is 2.32. The summed E-state index contributed by atoms with van der Waals surface area (Å²) < 4.78 is 11.2. The Labute approximate surface area is 164 Å². The van der Waals surface area contributed by atoms with E-state index < -0.39 is 0 Å². The minimum atomic E-state index is 0.0479. The summed E-state index contributed by atoms with van der Waals surface area (Å²) in [6.07, 6.45) is 4.27. The van der Waals surface area contributed by atoms with Gasteiger partial charge < -0.3 is 18.6 Å². The number of nitrogens with zero attached hydrogens (tertiary/aromatic N) is 4. The molecule has 28 heavy (non-hydrogen) atoms. The highest BCUT2D eigenvalue weighted by atomic mass is 16.4. The molecule has 4 heterocycles. The number of aromatic nitrogens is 1. The second-order valence-corrected chi connectivity index (χ2v) is 8.21. The van der Waals surface area contributed by atoms with Crippen LogP contribution in [0.2, 0.25) is 0 Å². The number of likely N-dealkylation sites (tertiary alicyclic amines) is 1. The van der Waals surface area contributed by atoms with E-state index in [0.29, 0.717) is 42.5 Å². The number of carbonyl (C=O) groups excluding carboxylic acids is 1. The maximum Gasteiger partial charge on any atom is 0.266 e. The predicted octanol–water partition coefficient (Wildman–Crippen LogP) is 3.53. The van der Waals surface area contributed by atoms with Crippen molar-refractivity contribution < 1.29 is 13.6 Å². The standard InChI is InChI=1S/C21H26N4O3/c1-14-10-15(2)13-25(12-14)20(26)16-5-7-24(8-6-16)21-17(11-22)23-19(28-21)18-4-3-9-27-18/h3-4,9,14-16H,5-8,10,12-13H2,1-2H3. The minimum absolute atomic E-state index is 0.0479. The molecule has 2 atom stereocenters. The van der Waals surface area contributed by atoms with Crippen LogP contribution in [0, 0.1) is 29.1 Å². The quantitative estimate of drug-likeness (QED) is 0.807. The monoisotopic (exact) mass is 382 g/mol. The number of carbonyl (C=O) groups is 1. The van der Waals surface area contributed by atoms with Gasteiger partial charge in [0, 0.05) is 32.1 Å². The molecule has 0 N–H and O–H groups in total. The molecular formula is C21H26N4O3. The van der Waals surface area contributed by atoms with Gasteiger partial charge in [-0.15, -0.1) is 0 Å². The molecule has 0 radical (unpaired) electrons. The number of piperidine rings is 2. The van der Waals surface area contributed by atoms with Gasteiger partial charge in [-0.2, -0.15) is 10.2 Å². The summed E-state index contributed by atoms with van der Waals surface area (Å²) in [5, 5.41) is 9.43. The predicted molar refractivity (Wildman–Crippen MR) is 103 cm³/mol. The molecule has 0 bridgehead atoms. The Morgan fingerprint density at radius 1 is 1.25 bits per heavy atom. The second-order valence-electron chi connectivity index (χ2n) is 8.21. The molecule has 2 aliphatic rings. The van der Waals surface area contributed by atoms with Crippen molar-refractivity contribution in [1.82, 2.24) is 9.88 Å². The maximum atomic E-state index is 13.0. The summed E-state index contributed by atoms with van der Waals surface area (Å²) >= 11 is 0. The molecule has 4 rings (SSSR count). The molecule has 2 aromatic heterocycles. The van der Waals surface area contributed by atoms with E-state index in [0.717, 1.165) is 25.9 Å². The van der Waals surface area contributed by atoms with E-state index in [1.165, 1.54) is 6.42 Å². The van der Waals surface area contributed by atoms with Crippen LogP contribution in [0.5, 0.6) is 0 Å². The van der Waals surface area contributed by atoms with E-state index >= 15 is 0 Å². The lowest BCUT2D eigenvalue weighted by Gasteiger charge is -2.39. The summed E-state index contributed by atoms with van der Waals surface area (Å²) in [4.78, 5) is 21.3. The highest BCUT2D eigenvalue weighted by molar-refractivity contribution is 5.79. The van der Waals surface area contributed by atoms with Gasteiger partial charge in [0.1, 0.15) is 6.07 Å². The second kappa shape index (κ2) is 7.70. The first-order valence-electron chi connectivity index (χ1n) is 10.0. The minimum Gasteiger partial charge on any atom is -0.459 e. The fourth-order valence-electron chi connectivity index (χ4n) is 4.54. The number of nitriles is 1. The van der Waals surface area contributed by atoms with Crippen LogP contribution in [0.4, 0.5) is 5.88 Å². The molecule has 7 nitrogen and oxygen atoms in total. The van der Waals surface area contributed by atoms with E-state index in [4.69, 9.17) is 8.83 Å². The van der Waals surface area contributed by atoms with Crippen molar-refractivity contribution >= 4 is 11.8 Å². The molecule has 0 saturated carbocycles. The average molecular weight is 382 g/mol. The Balaban J connectivity index is 1.42. The highest BCUT2D eigenvalue weighted by Gasteiger charge is 2.33. The lowest BCUT2D eigenvalue weighted by atomic mass is 9.89. The fraction of sp³-hybridized carbons (Fsp3) is 0.571. The molecule has 148 valence electrons. The first kappa shape index (κ1) is 18.6. The molecule has 2 saturated heterocycles. The van der Waals surface area contributed by atoms with Gasteiger partial charge in [0.15, 0.2) is 5.76 Å². The maximum absolute atomic E-state index is 13.0. The fourth-order valence-corrected chi connectivity index (χ4v) is 4.54. The van der Waals surface area contributed by atoms with Gasteiger partial charge in [0.05, 0.1) is 6.26 Å². The van der Waals surface area contributed by atoms with Gasteiger partial charge in [-0.3, -0.25) is 4.79 Å². The van der Waals surface area contributed by atoms with Crippen LogP contribution in [0.25, 0.3) is 11.7 Å². The van der Waals surface area contributed by atoms with Crippen molar-refractivity contribution in [2.24, 2.45) is 17.8 Å². The Morgan fingerprint density at radius 2 is 1.96 bits per heavy atom. The first-order chi connectivity index (χ1) is 13.5. The number of furan rings is 1. The van der Waals surface area contributed by atoms with Crippen LogP contribution >= 0.6 is 0 Å². The summed E-state index contributed by atoms with van der Waals surface area (Å²) in [6, 6.07) is 5.61. The number of rotatable bonds is 3. The summed E-state index contributed by atoms with van der Waals surface area (Å²) in [7, 11) is 0. The smallest absolute Gasteiger partial charge is 0.266 e.